The zero-order valence-electron chi connectivity index (χ0n) is 8.45. The molecule has 1 aliphatic heterocycles. The molecule has 0 N–H and O–H groups in total. The van der Waals surface area contributed by atoms with Crippen LogP contribution < -0.4 is 0 Å². The molecule has 1 saturated carbocycles. The molecule has 1 nitrogen and oxygen atoms in total. The lowest BCUT2D eigenvalue weighted by Crippen LogP contribution is -2.27. The van der Waals surface area contributed by atoms with Crippen LogP contribution in [0.4, 0.5) is 0 Å². The summed E-state index contributed by atoms with van der Waals surface area (Å²) < 4.78 is 5.77. The van der Waals surface area contributed by atoms with Crippen molar-refractivity contribution in [2.75, 3.05) is 0 Å². The first-order valence-electron chi connectivity index (χ1n) is 5.40. The highest BCUT2D eigenvalue weighted by molar-refractivity contribution is 7.80. The Hall–Kier alpha value is -0.110. The Morgan fingerprint density at radius 1 is 1.31 bits per heavy atom. The zero-order valence-corrected chi connectivity index (χ0v) is 9.27. The Balaban J connectivity index is 2.13. The first-order chi connectivity index (χ1) is 6.20. The molecule has 3 unspecified atom stereocenters. The van der Waals surface area contributed by atoms with E-state index in [0.29, 0.717) is 17.9 Å². The third kappa shape index (κ3) is 1.61. The monoisotopic (exact) mass is 198 g/mol. The Morgan fingerprint density at radius 3 is 2.69 bits per heavy atom. The molecule has 1 aliphatic carbocycles. The lowest BCUT2D eigenvalue weighted by Gasteiger charge is -2.27. The predicted octanol–water partition coefficient (Wildman–Crippen LogP) is 3.18. The summed E-state index contributed by atoms with van der Waals surface area (Å²) in [5.74, 6) is 1.95. The minimum Gasteiger partial charge on any atom is -0.483 e. The van der Waals surface area contributed by atoms with Crippen LogP contribution in [0.15, 0.2) is 0 Å². The lowest BCUT2D eigenvalue weighted by molar-refractivity contribution is 0.117. The van der Waals surface area contributed by atoms with Gasteiger partial charge in [0.1, 0.15) is 6.10 Å². The second kappa shape index (κ2) is 3.56. The van der Waals surface area contributed by atoms with Gasteiger partial charge >= 0.3 is 0 Å². The summed E-state index contributed by atoms with van der Waals surface area (Å²) in [5.41, 5.74) is 0. The van der Waals surface area contributed by atoms with Crippen LogP contribution in [0.2, 0.25) is 0 Å². The third-order valence-electron chi connectivity index (χ3n) is 3.47. The Bertz CT molecular complexity index is 212. The number of hydrogen-bond acceptors (Lipinski definition) is 2. The molecule has 2 aliphatic rings. The molecule has 0 bridgehead atoms. The molecular formula is C11H18OS. The highest BCUT2D eigenvalue weighted by Gasteiger charge is 2.43. The van der Waals surface area contributed by atoms with Gasteiger partial charge in [0.2, 0.25) is 0 Å². The van der Waals surface area contributed by atoms with Crippen molar-refractivity contribution in [3.05, 3.63) is 0 Å². The van der Waals surface area contributed by atoms with Crippen molar-refractivity contribution in [2.45, 2.75) is 45.6 Å². The van der Waals surface area contributed by atoms with Crippen LogP contribution in [-0.2, 0) is 4.74 Å². The number of hydrogen-bond donors (Lipinski definition) is 0. The van der Waals surface area contributed by atoms with Gasteiger partial charge in [0.05, 0.1) is 0 Å². The topological polar surface area (TPSA) is 9.23 Å². The van der Waals surface area contributed by atoms with Crippen LogP contribution in [0.5, 0.6) is 0 Å². The van der Waals surface area contributed by atoms with E-state index in [1.807, 2.05) is 0 Å². The SMILES string of the molecule is CC(C)C1C(=S)OC2CCCCC21. The van der Waals surface area contributed by atoms with Crippen LogP contribution in [0.3, 0.4) is 0 Å². The maximum Gasteiger partial charge on any atom is 0.163 e. The zero-order chi connectivity index (χ0) is 9.42. The van der Waals surface area contributed by atoms with E-state index in [4.69, 9.17) is 17.0 Å². The van der Waals surface area contributed by atoms with Crippen molar-refractivity contribution in [2.24, 2.45) is 17.8 Å². The highest BCUT2D eigenvalue weighted by Crippen LogP contribution is 2.42. The van der Waals surface area contributed by atoms with Crippen LogP contribution >= 0.6 is 12.2 Å². The molecule has 13 heavy (non-hydrogen) atoms. The lowest BCUT2D eigenvalue weighted by atomic mass is 9.76. The van der Waals surface area contributed by atoms with Gasteiger partial charge in [-0.05, 0) is 37.4 Å². The molecule has 2 rings (SSSR count). The van der Waals surface area contributed by atoms with Gasteiger partial charge in [-0.25, -0.2) is 0 Å². The average Bonchev–Trinajstić information content (AvgIpc) is 2.39. The standard InChI is InChI=1S/C11H18OS/c1-7(2)10-8-5-3-4-6-9(8)12-11(10)13/h7-10H,3-6H2,1-2H3. The van der Waals surface area contributed by atoms with E-state index in [9.17, 15) is 0 Å². The molecule has 0 aromatic heterocycles. The fourth-order valence-electron chi connectivity index (χ4n) is 2.85. The maximum absolute atomic E-state index is 5.77. The van der Waals surface area contributed by atoms with Gasteiger partial charge in [-0.2, -0.15) is 0 Å². The summed E-state index contributed by atoms with van der Waals surface area (Å²) >= 11 is 5.31. The van der Waals surface area contributed by atoms with Gasteiger partial charge in [-0.1, -0.05) is 20.3 Å². The molecule has 2 heteroatoms. The number of rotatable bonds is 1. The van der Waals surface area contributed by atoms with Gasteiger partial charge in [0.25, 0.3) is 0 Å². The molecule has 1 heterocycles. The summed E-state index contributed by atoms with van der Waals surface area (Å²) in [6.45, 7) is 4.52. The number of ether oxygens (including phenoxy) is 1. The smallest absolute Gasteiger partial charge is 0.163 e. The van der Waals surface area contributed by atoms with Crippen LogP contribution in [0.25, 0.3) is 0 Å². The van der Waals surface area contributed by atoms with E-state index in [-0.39, 0.29) is 0 Å². The fraction of sp³-hybridized carbons (Fsp3) is 0.909. The van der Waals surface area contributed by atoms with Crippen molar-refractivity contribution < 1.29 is 4.74 Å². The fourth-order valence-corrected chi connectivity index (χ4v) is 3.42. The second-order valence-corrected chi connectivity index (χ2v) is 5.10. The number of thiocarbonyl (C=S) groups is 1. The van der Waals surface area contributed by atoms with Crippen molar-refractivity contribution in [1.29, 1.82) is 0 Å². The maximum atomic E-state index is 5.77. The van der Waals surface area contributed by atoms with E-state index in [2.05, 4.69) is 13.8 Å². The third-order valence-corrected chi connectivity index (χ3v) is 3.84. The quantitative estimate of drug-likeness (QED) is 0.598. The summed E-state index contributed by atoms with van der Waals surface area (Å²) in [4.78, 5) is 0. The Kier molecular flexibility index (Phi) is 2.59. The van der Waals surface area contributed by atoms with Crippen LogP contribution in [0, 0.1) is 17.8 Å². The van der Waals surface area contributed by atoms with Gasteiger partial charge in [-0.15, -0.1) is 0 Å². The van der Waals surface area contributed by atoms with E-state index in [1.54, 1.807) is 0 Å². The number of fused-ring (bicyclic) bond motifs is 1. The molecule has 0 radical (unpaired) electrons. The van der Waals surface area contributed by atoms with E-state index >= 15 is 0 Å². The van der Waals surface area contributed by atoms with E-state index < -0.39 is 0 Å². The molecule has 0 aromatic carbocycles. The van der Waals surface area contributed by atoms with Crippen molar-refractivity contribution >= 4 is 17.3 Å². The van der Waals surface area contributed by atoms with Crippen molar-refractivity contribution in [3.8, 4) is 0 Å². The first kappa shape index (κ1) is 9.45. The van der Waals surface area contributed by atoms with Crippen LogP contribution in [0.1, 0.15) is 39.5 Å². The average molecular weight is 198 g/mol. The normalized spacial score (nSPS) is 39.0. The molecule has 2 fully saturated rings. The minimum atomic E-state index is 0.466. The van der Waals surface area contributed by atoms with E-state index in [0.717, 1.165) is 11.0 Å². The minimum absolute atomic E-state index is 0.466. The largest absolute Gasteiger partial charge is 0.483 e. The van der Waals surface area contributed by atoms with Gasteiger partial charge in [0.15, 0.2) is 5.05 Å². The first-order valence-corrected chi connectivity index (χ1v) is 5.81. The molecular weight excluding hydrogens is 180 g/mol. The van der Waals surface area contributed by atoms with Gasteiger partial charge in [-0.3, -0.25) is 0 Å². The van der Waals surface area contributed by atoms with Crippen LogP contribution in [-0.4, -0.2) is 11.2 Å². The summed E-state index contributed by atoms with van der Waals surface area (Å²) in [6, 6.07) is 0. The molecule has 3 atom stereocenters. The molecule has 74 valence electrons. The molecule has 0 aromatic rings. The Morgan fingerprint density at radius 2 is 2.00 bits per heavy atom. The van der Waals surface area contributed by atoms with Gasteiger partial charge < -0.3 is 4.74 Å². The Labute approximate surface area is 85.8 Å². The van der Waals surface area contributed by atoms with E-state index in [1.165, 1.54) is 25.7 Å². The second-order valence-electron chi connectivity index (χ2n) is 4.69. The molecule has 0 amide bonds. The summed E-state index contributed by atoms with van der Waals surface area (Å²) in [6.07, 6.45) is 5.72. The van der Waals surface area contributed by atoms with Gasteiger partial charge in [0, 0.05) is 11.8 Å². The predicted molar refractivity (Wildman–Crippen MR) is 57.8 cm³/mol. The molecule has 0 spiro atoms. The van der Waals surface area contributed by atoms with Crippen molar-refractivity contribution in [3.63, 3.8) is 0 Å². The molecule has 1 saturated heterocycles. The summed E-state index contributed by atoms with van der Waals surface area (Å²) in [5, 5.41) is 0.895. The summed E-state index contributed by atoms with van der Waals surface area (Å²) in [7, 11) is 0. The van der Waals surface area contributed by atoms with Crippen molar-refractivity contribution in [1.82, 2.24) is 0 Å². The highest BCUT2D eigenvalue weighted by atomic mass is 32.1.